The van der Waals surface area contributed by atoms with Gasteiger partial charge in [0.2, 0.25) is 0 Å². The van der Waals surface area contributed by atoms with Crippen LogP contribution in [0.1, 0.15) is 5.82 Å². The number of aryl methyl sites for hydroxylation is 1. The van der Waals surface area contributed by atoms with E-state index in [1.807, 2.05) is 49.5 Å². The Labute approximate surface area is 120 Å². The smallest absolute Gasteiger partial charge is 0.128 e. The molecule has 3 aromatic rings. The first-order chi connectivity index (χ1) is 9.25. The molecule has 0 spiro atoms. The molecule has 0 bridgehead atoms. The van der Waals surface area contributed by atoms with E-state index < -0.39 is 0 Å². The van der Waals surface area contributed by atoms with Crippen LogP contribution in [0.5, 0.6) is 0 Å². The van der Waals surface area contributed by atoms with Crippen molar-refractivity contribution in [2.75, 3.05) is 5.32 Å². The van der Waals surface area contributed by atoms with Gasteiger partial charge in [-0.25, -0.2) is 4.98 Å². The molecule has 0 aliphatic carbocycles. The Balaban J connectivity index is 1.86. The van der Waals surface area contributed by atoms with E-state index >= 15 is 0 Å². The second-order valence-electron chi connectivity index (χ2n) is 4.41. The minimum atomic E-state index is 0.702. The number of nitrogens with zero attached hydrogens (tertiary/aromatic N) is 2. The molecule has 1 heterocycles. The van der Waals surface area contributed by atoms with Crippen molar-refractivity contribution < 1.29 is 0 Å². The van der Waals surface area contributed by atoms with Crippen LogP contribution in [-0.2, 0) is 13.6 Å². The number of hydrogen-bond acceptors (Lipinski definition) is 2. The van der Waals surface area contributed by atoms with Crippen molar-refractivity contribution in [3.05, 3.63) is 58.8 Å². The van der Waals surface area contributed by atoms with Crippen molar-refractivity contribution in [2.24, 2.45) is 7.05 Å². The molecule has 4 heteroatoms. The number of rotatable bonds is 3. The van der Waals surface area contributed by atoms with Gasteiger partial charge in [-0.3, -0.25) is 0 Å². The van der Waals surface area contributed by atoms with E-state index in [0.717, 1.165) is 27.0 Å². The summed E-state index contributed by atoms with van der Waals surface area (Å²) in [5.41, 5.74) is 3.27. The number of anilines is 1. The molecule has 96 valence electrons. The van der Waals surface area contributed by atoms with E-state index in [1.54, 1.807) is 0 Å². The second kappa shape index (κ2) is 5.05. The molecule has 0 aliphatic heterocycles. The highest BCUT2D eigenvalue weighted by Gasteiger charge is 2.07. The van der Waals surface area contributed by atoms with Gasteiger partial charge in [0.05, 0.1) is 17.6 Å². The number of para-hydroxylation sites is 3. The van der Waals surface area contributed by atoms with Crippen molar-refractivity contribution in [3.8, 4) is 0 Å². The fourth-order valence-corrected chi connectivity index (χ4v) is 2.56. The van der Waals surface area contributed by atoms with E-state index in [4.69, 9.17) is 0 Å². The first-order valence-electron chi connectivity index (χ1n) is 6.14. The normalized spacial score (nSPS) is 10.8. The fraction of sp³-hybridized carbons (Fsp3) is 0.133. The van der Waals surface area contributed by atoms with Crippen LogP contribution in [0.4, 0.5) is 5.69 Å². The first-order valence-corrected chi connectivity index (χ1v) is 6.94. The van der Waals surface area contributed by atoms with E-state index in [1.165, 1.54) is 0 Å². The predicted molar refractivity (Wildman–Crippen MR) is 82.2 cm³/mol. The van der Waals surface area contributed by atoms with Gasteiger partial charge in [0.15, 0.2) is 0 Å². The van der Waals surface area contributed by atoms with Crippen LogP contribution in [0, 0.1) is 0 Å². The molecule has 2 aromatic carbocycles. The third kappa shape index (κ3) is 2.36. The number of benzene rings is 2. The summed E-state index contributed by atoms with van der Waals surface area (Å²) < 4.78 is 3.19. The van der Waals surface area contributed by atoms with Crippen molar-refractivity contribution in [1.82, 2.24) is 9.55 Å². The standard InChI is InChI=1S/C15H14BrN3/c1-19-14-9-5-4-8-13(14)18-15(19)10-17-12-7-3-2-6-11(12)16/h2-9,17H,10H2,1H3. The minimum Gasteiger partial charge on any atom is -0.377 e. The second-order valence-corrected chi connectivity index (χ2v) is 5.26. The lowest BCUT2D eigenvalue weighted by molar-refractivity contribution is 0.834. The summed E-state index contributed by atoms with van der Waals surface area (Å²) in [6, 6.07) is 16.3. The SMILES string of the molecule is Cn1c(CNc2ccccc2Br)nc2ccccc21. The zero-order valence-corrected chi connectivity index (χ0v) is 12.2. The molecule has 0 amide bonds. The van der Waals surface area contributed by atoms with Gasteiger partial charge in [-0.15, -0.1) is 0 Å². The summed E-state index contributed by atoms with van der Waals surface area (Å²) in [4.78, 5) is 4.64. The van der Waals surface area contributed by atoms with Crippen LogP contribution in [0.3, 0.4) is 0 Å². The Hall–Kier alpha value is -1.81. The average molecular weight is 316 g/mol. The van der Waals surface area contributed by atoms with Gasteiger partial charge in [-0.1, -0.05) is 24.3 Å². The first kappa shape index (κ1) is 12.2. The maximum atomic E-state index is 4.64. The van der Waals surface area contributed by atoms with Crippen molar-refractivity contribution in [3.63, 3.8) is 0 Å². The zero-order chi connectivity index (χ0) is 13.2. The van der Waals surface area contributed by atoms with Crippen molar-refractivity contribution in [1.29, 1.82) is 0 Å². The number of halogens is 1. The number of hydrogen-bond donors (Lipinski definition) is 1. The van der Waals surface area contributed by atoms with E-state index in [-0.39, 0.29) is 0 Å². The van der Waals surface area contributed by atoms with Crippen LogP contribution < -0.4 is 5.32 Å². The summed E-state index contributed by atoms with van der Waals surface area (Å²) in [6.07, 6.45) is 0. The van der Waals surface area contributed by atoms with Gasteiger partial charge < -0.3 is 9.88 Å². The Morgan fingerprint density at radius 2 is 1.84 bits per heavy atom. The van der Waals surface area contributed by atoms with E-state index in [0.29, 0.717) is 6.54 Å². The quantitative estimate of drug-likeness (QED) is 0.793. The molecule has 0 saturated heterocycles. The molecule has 1 N–H and O–H groups in total. The summed E-state index contributed by atoms with van der Waals surface area (Å²) >= 11 is 3.53. The molecule has 0 aliphatic rings. The fourth-order valence-electron chi connectivity index (χ4n) is 2.13. The molecular weight excluding hydrogens is 302 g/mol. The maximum Gasteiger partial charge on any atom is 0.128 e. The third-order valence-electron chi connectivity index (χ3n) is 3.19. The molecular formula is C15H14BrN3. The molecule has 0 atom stereocenters. The summed E-state index contributed by atoms with van der Waals surface area (Å²) in [6.45, 7) is 0.702. The Kier molecular flexibility index (Phi) is 3.25. The van der Waals surface area contributed by atoms with E-state index in [2.05, 4.69) is 36.9 Å². The van der Waals surface area contributed by atoms with Crippen molar-refractivity contribution >= 4 is 32.7 Å². The molecule has 0 unspecified atom stereocenters. The highest BCUT2D eigenvalue weighted by Crippen LogP contribution is 2.22. The summed E-state index contributed by atoms with van der Waals surface area (Å²) in [5.74, 6) is 1.02. The molecule has 3 rings (SSSR count). The predicted octanol–water partition coefficient (Wildman–Crippen LogP) is 3.95. The average Bonchev–Trinajstić information content (AvgIpc) is 2.75. The number of fused-ring (bicyclic) bond motifs is 1. The Morgan fingerprint density at radius 3 is 2.63 bits per heavy atom. The third-order valence-corrected chi connectivity index (χ3v) is 3.88. The Bertz CT molecular complexity index is 718. The monoisotopic (exact) mass is 315 g/mol. The van der Waals surface area contributed by atoms with Gasteiger partial charge in [-0.05, 0) is 40.2 Å². The molecule has 0 saturated carbocycles. The number of aromatic nitrogens is 2. The molecule has 19 heavy (non-hydrogen) atoms. The molecule has 0 radical (unpaired) electrons. The van der Waals surface area contributed by atoms with Crippen LogP contribution >= 0.6 is 15.9 Å². The largest absolute Gasteiger partial charge is 0.377 e. The van der Waals surface area contributed by atoms with E-state index in [9.17, 15) is 0 Å². The maximum absolute atomic E-state index is 4.64. The summed E-state index contributed by atoms with van der Waals surface area (Å²) in [5, 5.41) is 3.40. The van der Waals surface area contributed by atoms with Crippen LogP contribution in [0.2, 0.25) is 0 Å². The lowest BCUT2D eigenvalue weighted by Gasteiger charge is -2.08. The topological polar surface area (TPSA) is 29.9 Å². The van der Waals surface area contributed by atoms with Crippen LogP contribution in [-0.4, -0.2) is 9.55 Å². The van der Waals surface area contributed by atoms with Gasteiger partial charge in [0.25, 0.3) is 0 Å². The van der Waals surface area contributed by atoms with Gasteiger partial charge in [0.1, 0.15) is 5.82 Å². The number of imidazole rings is 1. The van der Waals surface area contributed by atoms with Gasteiger partial charge in [-0.2, -0.15) is 0 Å². The lowest BCUT2D eigenvalue weighted by Crippen LogP contribution is -2.06. The molecule has 0 fully saturated rings. The number of nitrogens with one attached hydrogen (secondary N) is 1. The minimum absolute atomic E-state index is 0.702. The highest BCUT2D eigenvalue weighted by molar-refractivity contribution is 9.10. The molecule has 1 aromatic heterocycles. The lowest BCUT2D eigenvalue weighted by atomic mass is 10.3. The summed E-state index contributed by atoms with van der Waals surface area (Å²) in [7, 11) is 2.05. The highest BCUT2D eigenvalue weighted by atomic mass is 79.9. The molecule has 3 nitrogen and oxygen atoms in total. The Morgan fingerprint density at radius 1 is 1.11 bits per heavy atom. The zero-order valence-electron chi connectivity index (χ0n) is 10.6. The van der Waals surface area contributed by atoms with Crippen LogP contribution in [0.25, 0.3) is 11.0 Å². The van der Waals surface area contributed by atoms with Gasteiger partial charge >= 0.3 is 0 Å². The van der Waals surface area contributed by atoms with Crippen LogP contribution in [0.15, 0.2) is 53.0 Å². The van der Waals surface area contributed by atoms with Gasteiger partial charge in [0, 0.05) is 17.2 Å². The van der Waals surface area contributed by atoms with Crippen molar-refractivity contribution in [2.45, 2.75) is 6.54 Å².